The fourth-order valence-corrected chi connectivity index (χ4v) is 2.97. The average Bonchev–Trinajstić information content (AvgIpc) is 3.41. The van der Waals surface area contributed by atoms with Crippen molar-refractivity contribution in [1.29, 1.82) is 0 Å². The highest BCUT2D eigenvalue weighted by atomic mass is 35.5. The van der Waals surface area contributed by atoms with E-state index in [4.69, 9.17) is 11.6 Å². The van der Waals surface area contributed by atoms with Crippen LogP contribution in [-0.2, 0) is 0 Å². The van der Waals surface area contributed by atoms with Crippen LogP contribution in [-0.4, -0.2) is 26.9 Å². The van der Waals surface area contributed by atoms with Crippen molar-refractivity contribution in [2.45, 2.75) is 0 Å². The van der Waals surface area contributed by atoms with Crippen LogP contribution in [0.25, 0.3) is 16.9 Å². The Labute approximate surface area is 166 Å². The first-order chi connectivity index (χ1) is 13.7. The zero-order valence-electron chi connectivity index (χ0n) is 14.7. The molecule has 0 atom stereocenters. The van der Waals surface area contributed by atoms with E-state index in [1.54, 1.807) is 30.6 Å². The molecular formula is C21H16ClN5O. The third-order valence-electron chi connectivity index (χ3n) is 4.20. The molecule has 4 aromatic rings. The van der Waals surface area contributed by atoms with Gasteiger partial charge in [-0.3, -0.25) is 9.89 Å². The molecule has 2 heterocycles. The number of hydrogen-bond donors (Lipinski definition) is 2. The summed E-state index contributed by atoms with van der Waals surface area (Å²) in [5.41, 5.74) is 6.36. The van der Waals surface area contributed by atoms with Crippen molar-refractivity contribution < 1.29 is 4.79 Å². The maximum absolute atomic E-state index is 12.6. The summed E-state index contributed by atoms with van der Waals surface area (Å²) in [6, 6.07) is 18.5. The highest BCUT2D eigenvalue weighted by Gasteiger charge is 2.11. The number of para-hydroxylation sites is 1. The molecule has 0 radical (unpaired) electrons. The second-order valence-corrected chi connectivity index (χ2v) is 6.45. The first-order valence-electron chi connectivity index (χ1n) is 8.57. The molecule has 0 bridgehead atoms. The first kappa shape index (κ1) is 17.8. The molecular weight excluding hydrogens is 374 g/mol. The quantitative estimate of drug-likeness (QED) is 0.394. The molecule has 0 aliphatic carbocycles. The monoisotopic (exact) mass is 389 g/mol. The first-order valence-corrected chi connectivity index (χ1v) is 8.95. The maximum atomic E-state index is 12.6. The van der Waals surface area contributed by atoms with E-state index >= 15 is 0 Å². The Kier molecular flexibility index (Phi) is 5.03. The lowest BCUT2D eigenvalue weighted by molar-refractivity contribution is 0.0955. The second-order valence-electron chi connectivity index (χ2n) is 6.01. The van der Waals surface area contributed by atoms with Crippen molar-refractivity contribution in [2.24, 2.45) is 5.10 Å². The number of aromatic amines is 1. The highest BCUT2D eigenvalue weighted by Crippen LogP contribution is 2.22. The number of hydrogen-bond acceptors (Lipinski definition) is 3. The molecule has 0 unspecified atom stereocenters. The summed E-state index contributed by atoms with van der Waals surface area (Å²) >= 11 is 5.94. The Hall–Kier alpha value is -3.64. The van der Waals surface area contributed by atoms with Gasteiger partial charge in [0, 0.05) is 28.5 Å². The van der Waals surface area contributed by atoms with E-state index < -0.39 is 0 Å². The van der Waals surface area contributed by atoms with Crippen molar-refractivity contribution in [3.8, 4) is 16.9 Å². The molecule has 28 heavy (non-hydrogen) atoms. The largest absolute Gasteiger partial charge is 0.323 e. The molecule has 138 valence electrons. The standard InChI is InChI=1S/C21H16ClN5O/c22-17-9-7-15(8-10-17)20-16(13-23-25-20)14-24-26-21(28)18-5-1-2-6-19(18)27-11-3-4-12-27/h1-14H,(H,23,25)(H,26,28). The van der Waals surface area contributed by atoms with Crippen molar-refractivity contribution in [1.82, 2.24) is 20.2 Å². The van der Waals surface area contributed by atoms with Crippen molar-refractivity contribution in [3.63, 3.8) is 0 Å². The van der Waals surface area contributed by atoms with Gasteiger partial charge in [0.25, 0.3) is 5.91 Å². The van der Waals surface area contributed by atoms with Crippen LogP contribution in [0.2, 0.25) is 5.02 Å². The van der Waals surface area contributed by atoms with Crippen molar-refractivity contribution >= 4 is 23.7 Å². The van der Waals surface area contributed by atoms with Gasteiger partial charge in [-0.25, -0.2) is 5.43 Å². The summed E-state index contributed by atoms with van der Waals surface area (Å²) in [7, 11) is 0. The molecule has 0 spiro atoms. The minimum atomic E-state index is -0.294. The second kappa shape index (κ2) is 7.94. The van der Waals surface area contributed by atoms with Gasteiger partial charge in [0.05, 0.1) is 29.4 Å². The SMILES string of the molecule is O=C(NN=Cc1cn[nH]c1-c1ccc(Cl)cc1)c1ccccc1-n1cccc1. The molecule has 2 N–H and O–H groups in total. The number of nitrogens with one attached hydrogen (secondary N) is 2. The van der Waals surface area contributed by atoms with Gasteiger partial charge in [-0.2, -0.15) is 10.2 Å². The molecule has 4 rings (SSSR count). The van der Waals surface area contributed by atoms with E-state index in [9.17, 15) is 4.79 Å². The van der Waals surface area contributed by atoms with Crippen LogP contribution in [0.3, 0.4) is 0 Å². The van der Waals surface area contributed by atoms with E-state index in [1.165, 1.54) is 0 Å². The molecule has 0 fully saturated rings. The van der Waals surface area contributed by atoms with Gasteiger partial charge in [0.15, 0.2) is 0 Å². The Morgan fingerprint density at radius 1 is 1.07 bits per heavy atom. The summed E-state index contributed by atoms with van der Waals surface area (Å²) in [6.07, 6.45) is 6.98. The number of carbonyl (C=O) groups is 1. The van der Waals surface area contributed by atoms with Gasteiger partial charge < -0.3 is 4.57 Å². The zero-order valence-corrected chi connectivity index (χ0v) is 15.5. The summed E-state index contributed by atoms with van der Waals surface area (Å²) in [5.74, 6) is -0.294. The number of H-pyrrole nitrogens is 1. The van der Waals surface area contributed by atoms with Crippen LogP contribution in [0.1, 0.15) is 15.9 Å². The third kappa shape index (κ3) is 3.72. The van der Waals surface area contributed by atoms with Crippen LogP contribution in [0.15, 0.2) is 84.4 Å². The van der Waals surface area contributed by atoms with Gasteiger partial charge >= 0.3 is 0 Å². The summed E-state index contributed by atoms with van der Waals surface area (Å²) in [5, 5.41) is 11.8. The lowest BCUT2D eigenvalue weighted by Crippen LogP contribution is -2.19. The molecule has 0 saturated heterocycles. The predicted molar refractivity (Wildman–Crippen MR) is 110 cm³/mol. The Bertz CT molecular complexity index is 1110. The van der Waals surface area contributed by atoms with E-state index in [2.05, 4.69) is 20.7 Å². The topological polar surface area (TPSA) is 75.1 Å². The Morgan fingerprint density at radius 3 is 2.61 bits per heavy atom. The highest BCUT2D eigenvalue weighted by molar-refractivity contribution is 6.30. The number of hydrazone groups is 1. The molecule has 2 aromatic heterocycles. The van der Waals surface area contributed by atoms with E-state index in [0.717, 1.165) is 22.5 Å². The Balaban J connectivity index is 1.52. The predicted octanol–water partition coefficient (Wildman–Crippen LogP) is 4.28. The van der Waals surface area contributed by atoms with Crippen molar-refractivity contribution in [2.75, 3.05) is 0 Å². The van der Waals surface area contributed by atoms with Crippen LogP contribution in [0, 0.1) is 0 Å². The number of benzene rings is 2. The average molecular weight is 390 g/mol. The fraction of sp³-hybridized carbons (Fsp3) is 0. The van der Waals surface area contributed by atoms with Gasteiger partial charge in [-0.05, 0) is 36.4 Å². The smallest absolute Gasteiger partial charge is 0.273 e. The number of rotatable bonds is 5. The minimum Gasteiger partial charge on any atom is -0.323 e. The lowest BCUT2D eigenvalue weighted by atomic mass is 10.1. The number of carbonyl (C=O) groups excluding carboxylic acids is 1. The van der Waals surface area contributed by atoms with Gasteiger partial charge in [0.2, 0.25) is 0 Å². The zero-order chi connectivity index (χ0) is 19.3. The van der Waals surface area contributed by atoms with Gasteiger partial charge in [-0.15, -0.1) is 0 Å². The third-order valence-corrected chi connectivity index (χ3v) is 4.45. The van der Waals surface area contributed by atoms with Crippen LogP contribution in [0.4, 0.5) is 0 Å². The van der Waals surface area contributed by atoms with Gasteiger partial charge in [-0.1, -0.05) is 35.9 Å². The fourth-order valence-electron chi connectivity index (χ4n) is 2.85. The number of aromatic nitrogens is 3. The lowest BCUT2D eigenvalue weighted by Gasteiger charge is -2.09. The number of nitrogens with zero attached hydrogens (tertiary/aromatic N) is 3. The number of halogens is 1. The summed E-state index contributed by atoms with van der Waals surface area (Å²) in [6.45, 7) is 0. The molecule has 2 aromatic carbocycles. The van der Waals surface area contributed by atoms with E-state index in [0.29, 0.717) is 10.6 Å². The molecule has 6 nitrogen and oxygen atoms in total. The molecule has 7 heteroatoms. The van der Waals surface area contributed by atoms with Crippen LogP contribution >= 0.6 is 11.6 Å². The number of amides is 1. The van der Waals surface area contributed by atoms with Crippen molar-refractivity contribution in [3.05, 3.63) is 95.4 Å². The molecule has 0 aliphatic heterocycles. The summed E-state index contributed by atoms with van der Waals surface area (Å²) < 4.78 is 1.88. The molecule has 0 saturated carbocycles. The molecule has 1 amide bonds. The molecule has 0 aliphatic rings. The minimum absolute atomic E-state index is 0.294. The normalized spacial score (nSPS) is 11.0. The maximum Gasteiger partial charge on any atom is 0.273 e. The van der Waals surface area contributed by atoms with Crippen LogP contribution in [0.5, 0.6) is 0 Å². The van der Waals surface area contributed by atoms with Crippen LogP contribution < -0.4 is 5.43 Å². The summed E-state index contributed by atoms with van der Waals surface area (Å²) in [4.78, 5) is 12.6. The Morgan fingerprint density at radius 2 is 1.82 bits per heavy atom. The van der Waals surface area contributed by atoms with Gasteiger partial charge in [0.1, 0.15) is 0 Å². The van der Waals surface area contributed by atoms with E-state index in [-0.39, 0.29) is 5.91 Å². The van der Waals surface area contributed by atoms with E-state index in [1.807, 2.05) is 59.4 Å².